The van der Waals surface area contributed by atoms with E-state index >= 15 is 0 Å². The van der Waals surface area contributed by atoms with Crippen molar-refractivity contribution in [1.82, 2.24) is 5.32 Å². The monoisotopic (exact) mass is 311 g/mol. The Hall–Kier alpha value is -1.10. The summed E-state index contributed by atoms with van der Waals surface area (Å²) in [6.45, 7) is 6.11. The molecular weight excluding hydrogens is 290 g/mol. The molecule has 1 aliphatic heterocycles. The van der Waals surface area contributed by atoms with E-state index in [9.17, 15) is 9.90 Å². The molecule has 0 spiro atoms. The van der Waals surface area contributed by atoms with Crippen LogP contribution < -0.4 is 5.32 Å². The van der Waals surface area contributed by atoms with E-state index in [0.717, 1.165) is 12.8 Å². The number of rotatable bonds is 3. The molecule has 1 aromatic carbocycles. The van der Waals surface area contributed by atoms with Crippen molar-refractivity contribution in [2.45, 2.75) is 50.9 Å². The molecule has 0 radical (unpaired) electrons. The second kappa shape index (κ2) is 5.95. The van der Waals surface area contributed by atoms with E-state index in [1.165, 1.54) is 6.92 Å². The summed E-state index contributed by atoms with van der Waals surface area (Å²) in [6.07, 6.45) is 1.49. The number of benzene rings is 1. The lowest BCUT2D eigenvalue weighted by atomic mass is 9.91. The Balaban J connectivity index is 2.06. The summed E-state index contributed by atoms with van der Waals surface area (Å²) in [7, 11) is 0. The molecular formula is C16H22ClNO3. The molecule has 0 aromatic heterocycles. The highest BCUT2D eigenvalue weighted by Gasteiger charge is 2.36. The average Bonchev–Trinajstić information content (AvgIpc) is 2.38. The van der Waals surface area contributed by atoms with Crippen LogP contribution in [-0.2, 0) is 15.1 Å². The molecule has 1 aliphatic rings. The van der Waals surface area contributed by atoms with Gasteiger partial charge in [-0.3, -0.25) is 4.79 Å². The van der Waals surface area contributed by atoms with Crippen molar-refractivity contribution in [2.75, 3.05) is 6.61 Å². The maximum Gasteiger partial charge on any atom is 0.256 e. The largest absolute Gasteiger partial charge is 0.376 e. The van der Waals surface area contributed by atoms with Gasteiger partial charge in [0.25, 0.3) is 5.91 Å². The van der Waals surface area contributed by atoms with Gasteiger partial charge in [0.05, 0.1) is 5.60 Å². The number of ether oxygens (including phenoxy) is 1. The molecule has 1 aromatic rings. The van der Waals surface area contributed by atoms with E-state index in [0.29, 0.717) is 17.2 Å². The van der Waals surface area contributed by atoms with Crippen molar-refractivity contribution in [1.29, 1.82) is 0 Å². The molecule has 1 fully saturated rings. The maximum absolute atomic E-state index is 12.4. The standard InChI is InChI=1S/C16H22ClNO3/c1-15(2)10-13(8-9-21-15)18-14(19)16(3,20)11-4-6-12(17)7-5-11/h4-7,13,20H,8-10H2,1-3H3,(H,18,19)/t13-,16+/m1/s1. The van der Waals surface area contributed by atoms with Crippen molar-refractivity contribution < 1.29 is 14.6 Å². The fourth-order valence-electron chi connectivity index (χ4n) is 2.59. The van der Waals surface area contributed by atoms with Gasteiger partial charge in [0.1, 0.15) is 0 Å². The fourth-order valence-corrected chi connectivity index (χ4v) is 2.71. The Labute approximate surface area is 130 Å². The Morgan fingerprint density at radius 3 is 2.62 bits per heavy atom. The molecule has 1 saturated heterocycles. The third kappa shape index (κ3) is 3.96. The van der Waals surface area contributed by atoms with E-state index in [4.69, 9.17) is 16.3 Å². The molecule has 0 aliphatic carbocycles. The van der Waals surface area contributed by atoms with Gasteiger partial charge in [-0.05, 0) is 51.3 Å². The molecule has 2 atom stereocenters. The lowest BCUT2D eigenvalue weighted by molar-refractivity contribution is -0.141. The first kappa shape index (κ1) is 16.3. The first-order chi connectivity index (χ1) is 9.71. The predicted molar refractivity (Wildman–Crippen MR) is 82.2 cm³/mol. The second-order valence-corrected chi connectivity index (χ2v) is 6.79. The molecule has 0 saturated carbocycles. The minimum atomic E-state index is -1.58. The van der Waals surface area contributed by atoms with E-state index < -0.39 is 11.5 Å². The van der Waals surface area contributed by atoms with Crippen molar-refractivity contribution >= 4 is 17.5 Å². The van der Waals surface area contributed by atoms with Gasteiger partial charge in [-0.25, -0.2) is 0 Å². The van der Waals surface area contributed by atoms with E-state index in [1.54, 1.807) is 24.3 Å². The molecule has 0 bridgehead atoms. The first-order valence-corrected chi connectivity index (χ1v) is 7.52. The van der Waals surface area contributed by atoms with Crippen molar-refractivity contribution in [2.24, 2.45) is 0 Å². The van der Waals surface area contributed by atoms with Crippen LogP contribution in [0.1, 0.15) is 39.2 Å². The maximum atomic E-state index is 12.4. The fraction of sp³-hybridized carbons (Fsp3) is 0.562. The molecule has 21 heavy (non-hydrogen) atoms. The van der Waals surface area contributed by atoms with Crippen molar-refractivity contribution in [3.63, 3.8) is 0 Å². The highest BCUT2D eigenvalue weighted by Crippen LogP contribution is 2.26. The van der Waals surface area contributed by atoms with E-state index in [1.807, 2.05) is 13.8 Å². The third-order valence-corrected chi connectivity index (χ3v) is 4.13. The second-order valence-electron chi connectivity index (χ2n) is 6.35. The molecule has 1 heterocycles. The van der Waals surface area contributed by atoms with Gasteiger partial charge in [0.2, 0.25) is 0 Å². The minimum absolute atomic E-state index is 0.0139. The highest BCUT2D eigenvalue weighted by molar-refractivity contribution is 6.30. The molecule has 4 nitrogen and oxygen atoms in total. The summed E-state index contributed by atoms with van der Waals surface area (Å²) >= 11 is 5.83. The van der Waals surface area contributed by atoms with Crippen LogP contribution in [0, 0.1) is 0 Å². The van der Waals surface area contributed by atoms with Gasteiger partial charge in [-0.1, -0.05) is 23.7 Å². The van der Waals surface area contributed by atoms with Crippen molar-refractivity contribution in [3.05, 3.63) is 34.9 Å². The van der Waals surface area contributed by atoms with Gasteiger partial charge in [-0.2, -0.15) is 0 Å². The number of aliphatic hydroxyl groups is 1. The zero-order chi connectivity index (χ0) is 15.7. The molecule has 0 unspecified atom stereocenters. The minimum Gasteiger partial charge on any atom is -0.376 e. The van der Waals surface area contributed by atoms with Gasteiger partial charge in [0.15, 0.2) is 5.60 Å². The third-order valence-electron chi connectivity index (χ3n) is 3.88. The SMILES string of the molecule is CC1(C)C[C@H](NC(=O)[C@@](C)(O)c2ccc(Cl)cc2)CCO1. The Kier molecular flexibility index (Phi) is 4.61. The Morgan fingerprint density at radius 2 is 2.05 bits per heavy atom. The van der Waals surface area contributed by atoms with Crippen molar-refractivity contribution in [3.8, 4) is 0 Å². The van der Waals surface area contributed by atoms with Crippen LogP contribution in [0.15, 0.2) is 24.3 Å². The Bertz CT molecular complexity index is 511. The van der Waals surface area contributed by atoms with Gasteiger partial charge >= 0.3 is 0 Å². The zero-order valence-corrected chi connectivity index (χ0v) is 13.4. The highest BCUT2D eigenvalue weighted by atomic mass is 35.5. The summed E-state index contributed by atoms with van der Waals surface area (Å²) in [5.74, 6) is -0.396. The normalized spacial score (nSPS) is 24.1. The molecule has 116 valence electrons. The molecule has 2 N–H and O–H groups in total. The first-order valence-electron chi connectivity index (χ1n) is 7.14. The zero-order valence-electron chi connectivity index (χ0n) is 12.6. The summed E-state index contributed by atoms with van der Waals surface area (Å²) < 4.78 is 5.63. The van der Waals surface area contributed by atoms with Crippen LogP contribution in [-0.4, -0.2) is 29.3 Å². The van der Waals surface area contributed by atoms with E-state index in [-0.39, 0.29) is 11.6 Å². The van der Waals surface area contributed by atoms with Gasteiger partial charge < -0.3 is 15.2 Å². The van der Waals surface area contributed by atoms with Gasteiger partial charge in [0, 0.05) is 17.7 Å². The lowest BCUT2D eigenvalue weighted by Crippen LogP contribution is -2.51. The summed E-state index contributed by atoms with van der Waals surface area (Å²) in [5.41, 5.74) is -1.30. The number of hydrogen-bond acceptors (Lipinski definition) is 3. The van der Waals surface area contributed by atoms with Crippen LogP contribution in [0.3, 0.4) is 0 Å². The van der Waals surface area contributed by atoms with Gasteiger partial charge in [-0.15, -0.1) is 0 Å². The number of halogens is 1. The number of amides is 1. The predicted octanol–water partition coefficient (Wildman–Crippen LogP) is 2.62. The summed E-state index contributed by atoms with van der Waals surface area (Å²) in [4.78, 5) is 12.4. The molecule has 1 amide bonds. The van der Waals surface area contributed by atoms with E-state index in [2.05, 4.69) is 5.32 Å². The van der Waals surface area contributed by atoms with Crippen LogP contribution in [0.2, 0.25) is 5.02 Å². The quantitative estimate of drug-likeness (QED) is 0.902. The lowest BCUT2D eigenvalue weighted by Gasteiger charge is -2.37. The van der Waals surface area contributed by atoms with Crippen LogP contribution in [0.25, 0.3) is 0 Å². The molecule has 5 heteroatoms. The van der Waals surface area contributed by atoms with Crippen LogP contribution in [0.4, 0.5) is 0 Å². The number of carbonyl (C=O) groups is 1. The van der Waals surface area contributed by atoms with Crippen LogP contribution in [0.5, 0.6) is 0 Å². The summed E-state index contributed by atoms with van der Waals surface area (Å²) in [6, 6.07) is 6.66. The number of hydrogen-bond donors (Lipinski definition) is 2. The average molecular weight is 312 g/mol. The Morgan fingerprint density at radius 1 is 1.43 bits per heavy atom. The topological polar surface area (TPSA) is 58.6 Å². The summed E-state index contributed by atoms with van der Waals surface area (Å²) in [5, 5.41) is 14.0. The number of carbonyl (C=O) groups excluding carboxylic acids is 1. The number of nitrogens with one attached hydrogen (secondary N) is 1. The smallest absolute Gasteiger partial charge is 0.256 e. The molecule has 2 rings (SSSR count). The van der Waals surface area contributed by atoms with Crippen LogP contribution >= 0.6 is 11.6 Å².